The minimum atomic E-state index is -3.43. The summed E-state index contributed by atoms with van der Waals surface area (Å²) in [6, 6.07) is 5.88. The fourth-order valence-electron chi connectivity index (χ4n) is 1.68. The number of benzene rings is 1. The summed E-state index contributed by atoms with van der Waals surface area (Å²) in [6.07, 6.45) is 0.665. The molecule has 0 heterocycles. The van der Waals surface area contributed by atoms with Gasteiger partial charge >= 0.3 is 5.97 Å². The van der Waals surface area contributed by atoms with Gasteiger partial charge < -0.3 is 4.74 Å². The lowest BCUT2D eigenvalue weighted by Crippen LogP contribution is -2.10. The van der Waals surface area contributed by atoms with Crippen LogP contribution in [0.3, 0.4) is 0 Å². The van der Waals surface area contributed by atoms with Crippen LogP contribution in [-0.2, 0) is 19.4 Å². The maximum Gasteiger partial charge on any atom is 0.305 e. The van der Waals surface area contributed by atoms with Crippen molar-refractivity contribution in [3.63, 3.8) is 0 Å². The molecule has 0 saturated carbocycles. The molecule has 0 aliphatic rings. The van der Waals surface area contributed by atoms with Crippen LogP contribution in [0.5, 0.6) is 0 Å². The van der Waals surface area contributed by atoms with Crippen LogP contribution in [0.15, 0.2) is 29.2 Å². The first-order valence-electron chi connectivity index (χ1n) is 6.33. The number of esters is 1. The van der Waals surface area contributed by atoms with Gasteiger partial charge in [0.1, 0.15) is 0 Å². The van der Waals surface area contributed by atoms with Crippen molar-refractivity contribution in [1.29, 1.82) is 0 Å². The van der Waals surface area contributed by atoms with Crippen LogP contribution in [0.1, 0.15) is 36.5 Å². The Morgan fingerprint density at radius 3 is 2.25 bits per heavy atom. The first-order chi connectivity index (χ1) is 9.40. The van der Waals surface area contributed by atoms with Crippen LogP contribution in [0, 0.1) is 0 Å². The Hall–Kier alpha value is -1.69. The molecule has 0 aliphatic carbocycles. The van der Waals surface area contributed by atoms with E-state index in [0.29, 0.717) is 12.0 Å². The highest BCUT2D eigenvalue weighted by Crippen LogP contribution is 2.15. The molecule has 0 aliphatic heterocycles. The number of carbonyl (C=O) groups is 2. The second-order valence-corrected chi connectivity index (χ2v) is 6.41. The van der Waals surface area contributed by atoms with Crippen LogP contribution in [0.25, 0.3) is 0 Å². The van der Waals surface area contributed by atoms with E-state index in [1.807, 2.05) is 0 Å². The molecule has 0 atom stereocenters. The lowest BCUT2D eigenvalue weighted by Gasteiger charge is -2.05. The Morgan fingerprint density at radius 2 is 1.75 bits per heavy atom. The van der Waals surface area contributed by atoms with Crippen molar-refractivity contribution in [2.45, 2.75) is 31.1 Å². The van der Waals surface area contributed by atoms with E-state index in [1.54, 1.807) is 6.92 Å². The standard InChI is InChI=1S/C14H18O5S/c1-3-13(15)11-6-8-12(9-7-11)20(17,18)10-4-5-14(16)19-2/h6-9H,3-5,10H2,1-2H3. The number of methoxy groups -OCH3 is 1. The summed E-state index contributed by atoms with van der Waals surface area (Å²) < 4.78 is 28.5. The molecule has 0 N–H and O–H groups in total. The van der Waals surface area contributed by atoms with Gasteiger partial charge in [0.25, 0.3) is 0 Å². The molecule has 6 heteroatoms. The van der Waals surface area contributed by atoms with Gasteiger partial charge in [-0.1, -0.05) is 19.1 Å². The average Bonchev–Trinajstić information content (AvgIpc) is 2.46. The lowest BCUT2D eigenvalue weighted by atomic mass is 10.1. The van der Waals surface area contributed by atoms with Gasteiger partial charge in [-0.05, 0) is 18.6 Å². The number of ether oxygens (including phenoxy) is 1. The number of rotatable bonds is 7. The maximum atomic E-state index is 12.0. The molecule has 110 valence electrons. The van der Waals surface area contributed by atoms with E-state index >= 15 is 0 Å². The molecule has 0 spiro atoms. The van der Waals surface area contributed by atoms with Crippen LogP contribution < -0.4 is 0 Å². The van der Waals surface area contributed by atoms with Gasteiger partial charge in [0, 0.05) is 18.4 Å². The van der Waals surface area contributed by atoms with E-state index in [0.717, 1.165) is 0 Å². The molecular weight excluding hydrogens is 280 g/mol. The summed E-state index contributed by atoms with van der Waals surface area (Å²) in [6.45, 7) is 1.75. The quantitative estimate of drug-likeness (QED) is 0.568. The minimum absolute atomic E-state index is 0.0281. The predicted octanol–water partition coefficient (Wildman–Crippen LogP) is 2.01. The van der Waals surface area contributed by atoms with Gasteiger partial charge in [0.2, 0.25) is 0 Å². The van der Waals surface area contributed by atoms with Crippen LogP contribution in [-0.4, -0.2) is 33.0 Å². The zero-order valence-electron chi connectivity index (χ0n) is 11.6. The molecule has 0 radical (unpaired) electrons. The molecule has 0 bridgehead atoms. The van der Waals surface area contributed by atoms with E-state index in [9.17, 15) is 18.0 Å². The van der Waals surface area contributed by atoms with Crippen molar-refractivity contribution in [2.24, 2.45) is 0 Å². The van der Waals surface area contributed by atoms with Gasteiger partial charge in [0.15, 0.2) is 15.6 Å². The van der Waals surface area contributed by atoms with Crippen molar-refractivity contribution >= 4 is 21.6 Å². The molecule has 0 saturated heterocycles. The molecule has 5 nitrogen and oxygen atoms in total. The minimum Gasteiger partial charge on any atom is -0.469 e. The Morgan fingerprint density at radius 1 is 1.15 bits per heavy atom. The number of sulfone groups is 1. The summed E-state index contributed by atoms with van der Waals surface area (Å²) in [5, 5.41) is 0. The highest BCUT2D eigenvalue weighted by molar-refractivity contribution is 7.91. The fraction of sp³-hybridized carbons (Fsp3) is 0.429. The molecule has 0 fully saturated rings. The molecule has 1 rings (SSSR count). The largest absolute Gasteiger partial charge is 0.469 e. The SMILES string of the molecule is CCC(=O)c1ccc(S(=O)(=O)CCCC(=O)OC)cc1. The molecular formula is C14H18O5S. The van der Waals surface area contributed by atoms with Crippen LogP contribution in [0.2, 0.25) is 0 Å². The number of carbonyl (C=O) groups excluding carboxylic acids is 2. The van der Waals surface area contributed by atoms with Gasteiger partial charge in [-0.15, -0.1) is 0 Å². The Labute approximate surface area is 118 Å². The van der Waals surface area contributed by atoms with Crippen molar-refractivity contribution in [1.82, 2.24) is 0 Å². The van der Waals surface area contributed by atoms with Gasteiger partial charge in [0.05, 0.1) is 17.8 Å². The van der Waals surface area contributed by atoms with E-state index in [1.165, 1.54) is 31.4 Å². The monoisotopic (exact) mass is 298 g/mol. The Kier molecular flexibility index (Phi) is 5.88. The van der Waals surface area contributed by atoms with Gasteiger partial charge in [-0.2, -0.15) is 0 Å². The summed E-state index contributed by atoms with van der Waals surface area (Å²) in [7, 11) is -2.17. The summed E-state index contributed by atoms with van der Waals surface area (Å²) >= 11 is 0. The second-order valence-electron chi connectivity index (χ2n) is 4.30. The number of hydrogen-bond donors (Lipinski definition) is 0. The number of ketones is 1. The molecule has 0 amide bonds. The molecule has 0 aromatic heterocycles. The smallest absolute Gasteiger partial charge is 0.305 e. The fourth-order valence-corrected chi connectivity index (χ4v) is 2.99. The van der Waals surface area contributed by atoms with Gasteiger partial charge in [-0.3, -0.25) is 9.59 Å². The van der Waals surface area contributed by atoms with Gasteiger partial charge in [-0.25, -0.2) is 8.42 Å². The normalized spacial score (nSPS) is 11.1. The molecule has 1 aromatic carbocycles. The first-order valence-corrected chi connectivity index (χ1v) is 7.98. The third-order valence-corrected chi connectivity index (χ3v) is 4.69. The lowest BCUT2D eigenvalue weighted by molar-refractivity contribution is -0.140. The Bertz CT molecular complexity index is 572. The third-order valence-electron chi connectivity index (χ3n) is 2.88. The predicted molar refractivity (Wildman–Crippen MR) is 74.4 cm³/mol. The maximum absolute atomic E-state index is 12.0. The number of Topliss-reactive ketones (excluding diaryl/α,β-unsaturated/α-hetero) is 1. The first kappa shape index (κ1) is 16.4. The summed E-state index contributed by atoms with van der Waals surface area (Å²) in [4.78, 5) is 22.5. The zero-order chi connectivity index (χ0) is 15.2. The van der Waals surface area contributed by atoms with E-state index in [-0.39, 0.29) is 29.3 Å². The van der Waals surface area contributed by atoms with Crippen LogP contribution in [0.4, 0.5) is 0 Å². The number of hydrogen-bond acceptors (Lipinski definition) is 5. The third kappa shape index (κ3) is 4.45. The Balaban J connectivity index is 2.73. The molecule has 1 aromatic rings. The van der Waals surface area contributed by atoms with E-state index in [4.69, 9.17) is 0 Å². The highest BCUT2D eigenvalue weighted by atomic mass is 32.2. The zero-order valence-corrected chi connectivity index (χ0v) is 12.4. The van der Waals surface area contributed by atoms with Crippen molar-refractivity contribution in [3.8, 4) is 0 Å². The van der Waals surface area contributed by atoms with Crippen molar-refractivity contribution in [2.75, 3.05) is 12.9 Å². The van der Waals surface area contributed by atoms with Crippen molar-refractivity contribution < 1.29 is 22.7 Å². The van der Waals surface area contributed by atoms with Crippen LogP contribution >= 0.6 is 0 Å². The van der Waals surface area contributed by atoms with E-state index in [2.05, 4.69) is 4.74 Å². The molecule has 20 heavy (non-hydrogen) atoms. The molecule has 0 unspecified atom stereocenters. The second kappa shape index (κ2) is 7.19. The summed E-state index contributed by atoms with van der Waals surface area (Å²) in [5.74, 6) is -0.577. The van der Waals surface area contributed by atoms with Crippen molar-refractivity contribution in [3.05, 3.63) is 29.8 Å². The average molecular weight is 298 g/mol. The topological polar surface area (TPSA) is 77.5 Å². The highest BCUT2D eigenvalue weighted by Gasteiger charge is 2.15. The summed E-state index contributed by atoms with van der Waals surface area (Å²) in [5.41, 5.74) is 0.501. The van der Waals surface area contributed by atoms with E-state index < -0.39 is 15.8 Å².